The van der Waals surface area contributed by atoms with Crippen molar-refractivity contribution in [1.82, 2.24) is 19.9 Å². The standard InChI is InChI=1S/C8H10ClN7/c1-2-12-7-4(9)13-3-5(10)14-8(11)16-6(3)15-7/h2H2,1H3,(H5,10,11,12,14,15,16). The molecule has 2 aromatic rings. The maximum Gasteiger partial charge on any atom is 0.224 e. The molecule has 0 saturated heterocycles. The fourth-order valence-electron chi connectivity index (χ4n) is 1.25. The lowest BCUT2D eigenvalue weighted by Gasteiger charge is -2.06. The predicted molar refractivity (Wildman–Crippen MR) is 63.1 cm³/mol. The molecule has 16 heavy (non-hydrogen) atoms. The van der Waals surface area contributed by atoms with Crippen molar-refractivity contribution in [1.29, 1.82) is 0 Å². The number of nitrogen functional groups attached to an aromatic ring is 2. The summed E-state index contributed by atoms with van der Waals surface area (Å²) >= 11 is 5.92. The van der Waals surface area contributed by atoms with Crippen molar-refractivity contribution in [2.24, 2.45) is 0 Å². The summed E-state index contributed by atoms with van der Waals surface area (Å²) < 4.78 is 0. The first-order valence-electron chi connectivity index (χ1n) is 4.62. The average Bonchev–Trinajstić information content (AvgIpc) is 2.21. The summed E-state index contributed by atoms with van der Waals surface area (Å²) in [6, 6.07) is 0. The molecule has 0 spiro atoms. The molecule has 0 amide bonds. The van der Waals surface area contributed by atoms with E-state index in [2.05, 4.69) is 25.3 Å². The number of nitrogens with zero attached hydrogens (tertiary/aromatic N) is 4. The number of aromatic nitrogens is 4. The average molecular weight is 240 g/mol. The number of fused-ring (bicyclic) bond motifs is 1. The molecule has 5 N–H and O–H groups in total. The SMILES string of the molecule is CCNc1nc2nc(N)nc(N)c2nc1Cl. The van der Waals surface area contributed by atoms with E-state index >= 15 is 0 Å². The summed E-state index contributed by atoms with van der Waals surface area (Å²) in [7, 11) is 0. The minimum Gasteiger partial charge on any atom is -0.382 e. The topological polar surface area (TPSA) is 116 Å². The molecule has 0 unspecified atom stereocenters. The van der Waals surface area contributed by atoms with Gasteiger partial charge in [0.05, 0.1) is 0 Å². The first-order valence-corrected chi connectivity index (χ1v) is 4.99. The van der Waals surface area contributed by atoms with Gasteiger partial charge >= 0.3 is 0 Å². The molecule has 0 aliphatic heterocycles. The highest BCUT2D eigenvalue weighted by molar-refractivity contribution is 6.32. The Bertz CT molecular complexity index is 541. The van der Waals surface area contributed by atoms with Crippen molar-refractivity contribution >= 4 is 40.3 Å². The van der Waals surface area contributed by atoms with Gasteiger partial charge in [0.1, 0.15) is 0 Å². The number of hydrogen-bond donors (Lipinski definition) is 3. The molecular formula is C8H10ClN7. The van der Waals surface area contributed by atoms with E-state index < -0.39 is 0 Å². The molecule has 2 rings (SSSR count). The zero-order chi connectivity index (χ0) is 11.7. The van der Waals surface area contributed by atoms with E-state index in [1.54, 1.807) is 0 Å². The lowest BCUT2D eigenvalue weighted by atomic mass is 10.4. The van der Waals surface area contributed by atoms with Crippen LogP contribution in [0.2, 0.25) is 5.15 Å². The van der Waals surface area contributed by atoms with Gasteiger partial charge in [-0.3, -0.25) is 0 Å². The van der Waals surface area contributed by atoms with Crippen LogP contribution in [0.4, 0.5) is 17.6 Å². The first kappa shape index (κ1) is 10.6. The van der Waals surface area contributed by atoms with E-state index in [0.717, 1.165) is 0 Å². The quantitative estimate of drug-likeness (QED) is 0.705. The Morgan fingerprint density at radius 2 is 1.94 bits per heavy atom. The largest absolute Gasteiger partial charge is 0.382 e. The van der Waals surface area contributed by atoms with Crippen molar-refractivity contribution in [2.45, 2.75) is 6.92 Å². The summed E-state index contributed by atoms with van der Waals surface area (Å²) in [5, 5.41) is 3.19. The normalized spacial score (nSPS) is 10.6. The number of halogens is 1. The predicted octanol–water partition coefficient (Wildman–Crippen LogP) is 0.669. The molecule has 0 radical (unpaired) electrons. The molecule has 0 aromatic carbocycles. The van der Waals surface area contributed by atoms with Crippen molar-refractivity contribution in [3.8, 4) is 0 Å². The maximum atomic E-state index is 5.92. The van der Waals surface area contributed by atoms with Gasteiger partial charge in [0.2, 0.25) is 5.95 Å². The summed E-state index contributed by atoms with van der Waals surface area (Å²) in [5.74, 6) is 0.679. The van der Waals surface area contributed by atoms with E-state index in [0.29, 0.717) is 23.5 Å². The fourth-order valence-corrected chi connectivity index (χ4v) is 1.44. The van der Waals surface area contributed by atoms with Crippen LogP contribution in [0.25, 0.3) is 11.2 Å². The highest BCUT2D eigenvalue weighted by Crippen LogP contribution is 2.22. The second kappa shape index (κ2) is 3.93. The highest BCUT2D eigenvalue weighted by Gasteiger charge is 2.11. The molecule has 8 heteroatoms. The Kier molecular flexibility index (Phi) is 2.61. The van der Waals surface area contributed by atoms with Crippen LogP contribution in [0, 0.1) is 0 Å². The van der Waals surface area contributed by atoms with E-state index in [4.69, 9.17) is 23.1 Å². The van der Waals surface area contributed by atoms with Crippen LogP contribution in [0.5, 0.6) is 0 Å². The van der Waals surface area contributed by atoms with Crippen LogP contribution in [0.15, 0.2) is 0 Å². The van der Waals surface area contributed by atoms with Crippen molar-refractivity contribution < 1.29 is 0 Å². The second-order valence-corrected chi connectivity index (χ2v) is 3.39. The molecule has 7 nitrogen and oxygen atoms in total. The second-order valence-electron chi connectivity index (χ2n) is 3.03. The molecule has 0 atom stereocenters. The summed E-state index contributed by atoms with van der Waals surface area (Å²) in [4.78, 5) is 16.0. The summed E-state index contributed by atoms with van der Waals surface area (Å²) in [6.45, 7) is 2.60. The molecule has 0 aliphatic carbocycles. The van der Waals surface area contributed by atoms with Gasteiger partial charge in [0.15, 0.2) is 28.0 Å². The third kappa shape index (κ3) is 1.76. The van der Waals surface area contributed by atoms with Gasteiger partial charge in [-0.1, -0.05) is 11.6 Å². The molecule has 2 heterocycles. The van der Waals surface area contributed by atoms with Crippen LogP contribution in [0.3, 0.4) is 0 Å². The van der Waals surface area contributed by atoms with E-state index in [-0.39, 0.29) is 16.9 Å². The Hall–Kier alpha value is -1.89. The molecule has 84 valence electrons. The van der Waals surface area contributed by atoms with Gasteiger partial charge in [-0.15, -0.1) is 0 Å². The van der Waals surface area contributed by atoms with Gasteiger partial charge in [-0.2, -0.15) is 9.97 Å². The number of nitrogens with one attached hydrogen (secondary N) is 1. The third-order valence-electron chi connectivity index (χ3n) is 1.88. The van der Waals surface area contributed by atoms with Crippen LogP contribution < -0.4 is 16.8 Å². The van der Waals surface area contributed by atoms with Gasteiger partial charge in [0.25, 0.3) is 0 Å². The molecule has 0 fully saturated rings. The van der Waals surface area contributed by atoms with Gasteiger partial charge in [-0.05, 0) is 6.92 Å². The summed E-state index contributed by atoms with van der Waals surface area (Å²) in [6.07, 6.45) is 0. The third-order valence-corrected chi connectivity index (χ3v) is 2.14. The molecule has 2 aromatic heterocycles. The van der Waals surface area contributed by atoms with Crippen LogP contribution in [0.1, 0.15) is 6.92 Å². The maximum absolute atomic E-state index is 5.92. The monoisotopic (exact) mass is 239 g/mol. The lowest BCUT2D eigenvalue weighted by Crippen LogP contribution is -2.06. The van der Waals surface area contributed by atoms with Crippen molar-refractivity contribution in [3.63, 3.8) is 0 Å². The van der Waals surface area contributed by atoms with Gasteiger partial charge in [0, 0.05) is 6.54 Å². The van der Waals surface area contributed by atoms with Crippen LogP contribution in [-0.4, -0.2) is 26.5 Å². The lowest BCUT2D eigenvalue weighted by molar-refractivity contribution is 1.12. The molecule has 0 aliphatic rings. The van der Waals surface area contributed by atoms with E-state index in [9.17, 15) is 0 Å². The minimum atomic E-state index is 0.0593. The van der Waals surface area contributed by atoms with Gasteiger partial charge in [-0.25, -0.2) is 9.97 Å². The number of nitrogens with two attached hydrogens (primary N) is 2. The molecular weight excluding hydrogens is 230 g/mol. The van der Waals surface area contributed by atoms with Gasteiger partial charge < -0.3 is 16.8 Å². The first-order chi connectivity index (χ1) is 7.61. The fraction of sp³-hybridized carbons (Fsp3) is 0.250. The number of anilines is 3. The Balaban J connectivity index is 2.69. The smallest absolute Gasteiger partial charge is 0.224 e. The van der Waals surface area contributed by atoms with Crippen LogP contribution >= 0.6 is 11.6 Å². The zero-order valence-corrected chi connectivity index (χ0v) is 9.28. The highest BCUT2D eigenvalue weighted by atomic mass is 35.5. The molecule has 0 bridgehead atoms. The Labute approximate surface area is 96.3 Å². The molecule has 0 saturated carbocycles. The minimum absolute atomic E-state index is 0.0593. The Morgan fingerprint density at radius 3 is 2.62 bits per heavy atom. The van der Waals surface area contributed by atoms with E-state index in [1.165, 1.54) is 0 Å². The van der Waals surface area contributed by atoms with Crippen molar-refractivity contribution in [3.05, 3.63) is 5.15 Å². The van der Waals surface area contributed by atoms with Crippen LogP contribution in [-0.2, 0) is 0 Å². The summed E-state index contributed by atoms with van der Waals surface area (Å²) in [5.41, 5.74) is 11.8. The Morgan fingerprint density at radius 1 is 1.19 bits per heavy atom. The number of rotatable bonds is 2. The van der Waals surface area contributed by atoms with Crippen molar-refractivity contribution in [2.75, 3.05) is 23.3 Å². The number of hydrogen-bond acceptors (Lipinski definition) is 7. The van der Waals surface area contributed by atoms with E-state index in [1.807, 2.05) is 6.92 Å². The zero-order valence-electron chi connectivity index (χ0n) is 8.53.